The van der Waals surface area contributed by atoms with E-state index >= 15 is 0 Å². The average molecular weight is 223 g/mol. The Bertz CT molecular complexity index is 806. The van der Waals surface area contributed by atoms with E-state index in [1.54, 1.807) is 0 Å². The first-order chi connectivity index (χ1) is 7.93. The summed E-state index contributed by atoms with van der Waals surface area (Å²) < 4.78 is 0. The van der Waals surface area contributed by atoms with Crippen molar-refractivity contribution in [3.8, 4) is 0 Å². The molecule has 1 aliphatic heterocycles. The van der Waals surface area contributed by atoms with Crippen LogP contribution < -0.4 is 10.6 Å². The second-order valence-electron chi connectivity index (χ2n) is 4.04. The van der Waals surface area contributed by atoms with E-state index in [2.05, 4.69) is 47.5 Å². The lowest BCUT2D eigenvalue weighted by atomic mass is 10.2. The highest BCUT2D eigenvalue weighted by molar-refractivity contribution is 7.99. The average Bonchev–Trinajstić information content (AvgIpc) is 2.92. The second kappa shape index (κ2) is 2.98. The lowest BCUT2D eigenvalue weighted by molar-refractivity contribution is 1.20. The van der Waals surface area contributed by atoms with Crippen LogP contribution in [0.15, 0.2) is 46.3 Å². The van der Waals surface area contributed by atoms with Gasteiger partial charge in [0, 0.05) is 4.90 Å². The van der Waals surface area contributed by atoms with Crippen LogP contribution in [-0.4, -0.2) is 5.88 Å². The molecule has 1 nitrogen and oxygen atoms in total. The van der Waals surface area contributed by atoms with Crippen molar-refractivity contribution in [3.63, 3.8) is 0 Å². The maximum atomic E-state index is 4.48. The molecule has 16 heavy (non-hydrogen) atoms. The Labute approximate surface area is 96.8 Å². The molecule has 76 valence electrons. The van der Waals surface area contributed by atoms with E-state index in [4.69, 9.17) is 0 Å². The normalized spacial score (nSPS) is 14.8. The number of thioether (sulfide) groups is 1. The van der Waals surface area contributed by atoms with Crippen molar-refractivity contribution in [2.24, 2.45) is 4.99 Å². The van der Waals surface area contributed by atoms with Crippen LogP contribution in [0.2, 0.25) is 0 Å². The molecular formula is C14H9NS. The fraction of sp³-hybridized carbons (Fsp3) is 0.0714. The molecule has 0 atom stereocenters. The Morgan fingerprint density at radius 3 is 2.94 bits per heavy atom. The van der Waals surface area contributed by atoms with Gasteiger partial charge in [-0.1, -0.05) is 42.1 Å². The summed E-state index contributed by atoms with van der Waals surface area (Å²) in [6, 6.07) is 12.9. The molecular weight excluding hydrogens is 214 g/mol. The summed E-state index contributed by atoms with van der Waals surface area (Å²) in [6.07, 6.45) is 2.29. The summed E-state index contributed by atoms with van der Waals surface area (Å²) in [5.74, 6) is 0.871. The van der Waals surface area contributed by atoms with Crippen molar-refractivity contribution < 1.29 is 0 Å². The van der Waals surface area contributed by atoms with Gasteiger partial charge in [0.05, 0.1) is 11.2 Å². The summed E-state index contributed by atoms with van der Waals surface area (Å²) in [6.45, 7) is 0. The number of rotatable bonds is 0. The number of fused-ring (bicyclic) bond motifs is 4. The summed E-state index contributed by atoms with van der Waals surface area (Å²) >= 11 is 1.85. The molecule has 2 heteroatoms. The monoisotopic (exact) mass is 223 g/mol. The second-order valence-corrected chi connectivity index (χ2v) is 4.99. The topological polar surface area (TPSA) is 12.4 Å². The van der Waals surface area contributed by atoms with Crippen LogP contribution in [0.1, 0.15) is 5.56 Å². The molecule has 0 spiro atoms. The van der Waals surface area contributed by atoms with Crippen molar-refractivity contribution in [2.75, 3.05) is 5.88 Å². The molecule has 2 aromatic carbocycles. The van der Waals surface area contributed by atoms with Gasteiger partial charge in [-0.15, -0.1) is 0 Å². The van der Waals surface area contributed by atoms with Crippen molar-refractivity contribution in [3.05, 3.63) is 63.0 Å². The Morgan fingerprint density at radius 1 is 1.00 bits per heavy atom. The minimum atomic E-state index is 0.871. The molecule has 0 unspecified atom stereocenters. The molecule has 0 saturated heterocycles. The number of nitrogens with zero attached hydrogens (tertiary/aromatic N) is 1. The fourth-order valence-electron chi connectivity index (χ4n) is 2.43. The lowest BCUT2D eigenvalue weighted by Gasteiger charge is -1.97. The predicted octanol–water partition coefficient (Wildman–Crippen LogP) is 1.80. The fourth-order valence-corrected chi connectivity index (χ4v) is 3.37. The molecule has 1 heterocycles. The van der Waals surface area contributed by atoms with E-state index in [-0.39, 0.29) is 0 Å². The maximum Gasteiger partial charge on any atom is 0.0898 e. The molecule has 0 saturated carbocycles. The van der Waals surface area contributed by atoms with Gasteiger partial charge in [0.25, 0.3) is 0 Å². The minimum Gasteiger partial charge on any atom is -0.273 e. The van der Waals surface area contributed by atoms with Gasteiger partial charge in [0.15, 0.2) is 0 Å². The Kier molecular flexibility index (Phi) is 1.60. The molecule has 0 aromatic heterocycles. The first-order valence-electron chi connectivity index (χ1n) is 5.35. The Balaban J connectivity index is 2.31. The van der Waals surface area contributed by atoms with Crippen LogP contribution in [0.4, 0.5) is 0 Å². The van der Waals surface area contributed by atoms with E-state index in [0.717, 1.165) is 11.2 Å². The van der Waals surface area contributed by atoms with Gasteiger partial charge in [0.1, 0.15) is 0 Å². The van der Waals surface area contributed by atoms with E-state index in [0.29, 0.717) is 0 Å². The van der Waals surface area contributed by atoms with Crippen molar-refractivity contribution >= 4 is 17.8 Å². The van der Waals surface area contributed by atoms with Gasteiger partial charge in [0.2, 0.25) is 0 Å². The van der Waals surface area contributed by atoms with Crippen molar-refractivity contribution in [2.45, 2.75) is 4.90 Å². The zero-order chi connectivity index (χ0) is 10.5. The molecule has 0 N–H and O–H groups in total. The lowest BCUT2D eigenvalue weighted by Crippen LogP contribution is -2.01. The molecule has 2 aromatic rings. The van der Waals surface area contributed by atoms with Crippen molar-refractivity contribution in [1.29, 1.82) is 0 Å². The van der Waals surface area contributed by atoms with Gasteiger partial charge < -0.3 is 0 Å². The number of benzene rings is 2. The highest BCUT2D eigenvalue weighted by atomic mass is 32.2. The Morgan fingerprint density at radius 2 is 1.94 bits per heavy atom. The summed E-state index contributed by atoms with van der Waals surface area (Å²) in [5.41, 5.74) is 1.37. The molecule has 0 radical (unpaired) electrons. The van der Waals surface area contributed by atoms with E-state index < -0.39 is 0 Å². The van der Waals surface area contributed by atoms with E-state index in [1.165, 1.54) is 26.1 Å². The smallest absolute Gasteiger partial charge is 0.0898 e. The molecule has 1 aliphatic carbocycles. The first kappa shape index (κ1) is 8.59. The zero-order valence-corrected chi connectivity index (χ0v) is 9.42. The van der Waals surface area contributed by atoms with E-state index in [1.807, 2.05) is 11.8 Å². The zero-order valence-electron chi connectivity index (χ0n) is 8.60. The van der Waals surface area contributed by atoms with Gasteiger partial charge in [-0.2, -0.15) is 0 Å². The number of hydrogen-bond acceptors (Lipinski definition) is 2. The summed E-state index contributed by atoms with van der Waals surface area (Å²) in [5, 5.41) is 5.21. The molecule has 0 fully saturated rings. The van der Waals surface area contributed by atoms with Crippen LogP contribution in [0.5, 0.6) is 0 Å². The highest BCUT2D eigenvalue weighted by Crippen LogP contribution is 2.25. The van der Waals surface area contributed by atoms with Gasteiger partial charge in [-0.05, 0) is 33.4 Å². The van der Waals surface area contributed by atoms with Gasteiger partial charge in [-0.25, -0.2) is 0 Å². The summed E-state index contributed by atoms with van der Waals surface area (Å²) in [7, 11) is 0. The van der Waals surface area contributed by atoms with Crippen LogP contribution in [0.3, 0.4) is 0 Å². The third-order valence-electron chi connectivity index (χ3n) is 3.17. The SMILES string of the molecule is C1=c2ccccc2=c2ccc3c(c21)SCN=3. The largest absolute Gasteiger partial charge is 0.273 e. The van der Waals surface area contributed by atoms with Crippen LogP contribution in [-0.2, 0) is 0 Å². The maximum absolute atomic E-state index is 4.48. The summed E-state index contributed by atoms with van der Waals surface area (Å²) in [4.78, 5) is 5.84. The van der Waals surface area contributed by atoms with Crippen LogP contribution in [0, 0.1) is 10.4 Å². The van der Waals surface area contributed by atoms with Crippen LogP contribution in [0.25, 0.3) is 6.08 Å². The molecule has 2 aliphatic rings. The van der Waals surface area contributed by atoms with Crippen LogP contribution >= 0.6 is 11.8 Å². The molecule has 4 rings (SSSR count). The highest BCUT2D eigenvalue weighted by Gasteiger charge is 2.12. The third-order valence-corrected chi connectivity index (χ3v) is 4.15. The van der Waals surface area contributed by atoms with Gasteiger partial charge in [-0.3, -0.25) is 4.99 Å². The van der Waals surface area contributed by atoms with Crippen molar-refractivity contribution in [1.82, 2.24) is 0 Å². The molecule has 0 bridgehead atoms. The van der Waals surface area contributed by atoms with E-state index in [9.17, 15) is 0 Å². The minimum absolute atomic E-state index is 0.871. The quantitative estimate of drug-likeness (QED) is 0.566. The molecule has 0 amide bonds. The third kappa shape index (κ3) is 1.000. The standard InChI is InChI=1S/C14H9NS/c1-2-4-10-9(3-1)7-12-11(10)5-6-13-14(12)16-8-15-13/h1-7H,8H2. The first-order valence-corrected chi connectivity index (χ1v) is 6.33. The predicted molar refractivity (Wildman–Crippen MR) is 65.6 cm³/mol. The van der Waals surface area contributed by atoms with Gasteiger partial charge >= 0.3 is 0 Å². The number of hydrogen-bond donors (Lipinski definition) is 0. The Hall–Kier alpha value is -1.54.